The Morgan fingerprint density at radius 1 is 1.13 bits per heavy atom. The Hall–Kier alpha value is -3.39. The van der Waals surface area contributed by atoms with Crippen molar-refractivity contribution in [3.05, 3.63) is 71.1 Å². The van der Waals surface area contributed by atoms with Gasteiger partial charge in [-0.15, -0.1) is 0 Å². The van der Waals surface area contributed by atoms with Crippen molar-refractivity contribution in [2.24, 2.45) is 0 Å². The molecule has 7 nitrogen and oxygen atoms in total. The number of anilines is 3. The molecule has 0 spiro atoms. The Kier molecular flexibility index (Phi) is 5.41. The fourth-order valence-electron chi connectivity index (χ4n) is 3.18. The summed E-state index contributed by atoms with van der Waals surface area (Å²) in [6.07, 6.45) is 3.53. The van der Waals surface area contributed by atoms with E-state index >= 15 is 0 Å². The number of nitrogens with one attached hydrogen (secondary N) is 1. The zero-order valence-electron chi connectivity index (χ0n) is 16.8. The van der Waals surface area contributed by atoms with Crippen LogP contribution in [0.1, 0.15) is 10.4 Å². The molecule has 0 amide bonds. The Morgan fingerprint density at radius 2 is 1.87 bits per heavy atom. The fraction of sp³-hybridized carbons (Fsp3) is 0.136. The summed E-state index contributed by atoms with van der Waals surface area (Å²) >= 11 is 3.42. The van der Waals surface area contributed by atoms with E-state index in [0.717, 1.165) is 22.8 Å². The summed E-state index contributed by atoms with van der Waals surface area (Å²) in [5.74, 6) is 0.314. The van der Waals surface area contributed by atoms with Crippen molar-refractivity contribution in [2.75, 3.05) is 31.4 Å². The third kappa shape index (κ3) is 3.73. The molecule has 2 heterocycles. The molecule has 2 aromatic heterocycles. The van der Waals surface area contributed by atoms with E-state index in [9.17, 15) is 4.79 Å². The second kappa shape index (κ2) is 8.16. The van der Waals surface area contributed by atoms with Crippen LogP contribution in [0.15, 0.2) is 65.5 Å². The Labute approximate surface area is 182 Å². The number of hydrogen-bond acceptors (Lipinski definition) is 6. The molecule has 0 unspecified atom stereocenters. The summed E-state index contributed by atoms with van der Waals surface area (Å²) in [6.45, 7) is 0. The molecule has 30 heavy (non-hydrogen) atoms. The number of hydrogen-bond donors (Lipinski definition) is 1. The van der Waals surface area contributed by atoms with Crippen LogP contribution in [0, 0.1) is 0 Å². The first kappa shape index (κ1) is 19.9. The standard InChI is InChI=1S/C22H20BrN5O2/c1-27(2)15-10-8-14(9-11-15)20-21(28-13-18(23)24-12-19(28)26-20)25-17-7-5-4-6-16(17)22(29)30-3/h4-13,25H,1-3H3. The van der Waals surface area contributed by atoms with Crippen LogP contribution in [0.3, 0.4) is 0 Å². The smallest absolute Gasteiger partial charge is 0.339 e. The van der Waals surface area contributed by atoms with Crippen LogP contribution in [0.5, 0.6) is 0 Å². The van der Waals surface area contributed by atoms with Crippen molar-refractivity contribution in [3.8, 4) is 11.3 Å². The lowest BCUT2D eigenvalue weighted by molar-refractivity contribution is 0.0602. The van der Waals surface area contributed by atoms with Gasteiger partial charge in [0.15, 0.2) is 5.65 Å². The molecule has 0 aliphatic rings. The van der Waals surface area contributed by atoms with E-state index in [4.69, 9.17) is 9.72 Å². The molecule has 0 saturated carbocycles. The lowest BCUT2D eigenvalue weighted by Crippen LogP contribution is -2.08. The molecule has 0 bridgehead atoms. The lowest BCUT2D eigenvalue weighted by Gasteiger charge is -2.14. The van der Waals surface area contributed by atoms with Crippen LogP contribution >= 0.6 is 15.9 Å². The van der Waals surface area contributed by atoms with E-state index in [-0.39, 0.29) is 0 Å². The second-order valence-corrected chi connectivity index (χ2v) is 7.66. The maximum atomic E-state index is 12.2. The van der Waals surface area contributed by atoms with Gasteiger partial charge in [-0.25, -0.2) is 14.8 Å². The van der Waals surface area contributed by atoms with Crippen LogP contribution in [0.4, 0.5) is 17.2 Å². The normalized spacial score (nSPS) is 10.8. The lowest BCUT2D eigenvalue weighted by atomic mass is 10.1. The van der Waals surface area contributed by atoms with Gasteiger partial charge >= 0.3 is 5.97 Å². The molecule has 1 N–H and O–H groups in total. The number of methoxy groups -OCH3 is 1. The highest BCUT2D eigenvalue weighted by Crippen LogP contribution is 2.33. The van der Waals surface area contributed by atoms with Crippen molar-refractivity contribution >= 4 is 44.7 Å². The number of halogens is 1. The summed E-state index contributed by atoms with van der Waals surface area (Å²) in [6, 6.07) is 15.4. The van der Waals surface area contributed by atoms with Gasteiger partial charge in [0.1, 0.15) is 16.1 Å². The topological polar surface area (TPSA) is 71.8 Å². The molecular weight excluding hydrogens is 446 g/mol. The number of nitrogens with zero attached hydrogens (tertiary/aromatic N) is 4. The average Bonchev–Trinajstić information content (AvgIpc) is 3.11. The SMILES string of the molecule is COC(=O)c1ccccc1Nc1c(-c2ccc(N(C)C)cc2)nc2cnc(Br)cn12. The number of rotatable bonds is 5. The number of carbonyl (C=O) groups excluding carboxylic acids is 1. The number of para-hydroxylation sites is 1. The molecule has 4 rings (SSSR count). The number of aromatic nitrogens is 3. The van der Waals surface area contributed by atoms with Crippen molar-refractivity contribution < 1.29 is 9.53 Å². The fourth-order valence-corrected chi connectivity index (χ4v) is 3.48. The maximum absolute atomic E-state index is 12.2. The van der Waals surface area contributed by atoms with E-state index in [1.165, 1.54) is 7.11 Å². The van der Waals surface area contributed by atoms with Gasteiger partial charge in [-0.2, -0.15) is 0 Å². The summed E-state index contributed by atoms with van der Waals surface area (Å²) in [5.41, 5.74) is 4.54. The quantitative estimate of drug-likeness (QED) is 0.428. The predicted octanol–water partition coefficient (Wildman–Crippen LogP) is 4.76. The highest BCUT2D eigenvalue weighted by molar-refractivity contribution is 9.10. The van der Waals surface area contributed by atoms with E-state index in [1.54, 1.807) is 18.3 Å². The Bertz CT molecular complexity index is 1220. The van der Waals surface area contributed by atoms with Crippen LogP contribution in [0.2, 0.25) is 0 Å². The largest absolute Gasteiger partial charge is 0.465 e. The first-order valence-corrected chi connectivity index (χ1v) is 10.0. The highest BCUT2D eigenvalue weighted by Gasteiger charge is 2.18. The average molecular weight is 466 g/mol. The van der Waals surface area contributed by atoms with Crippen molar-refractivity contribution in [1.29, 1.82) is 0 Å². The zero-order valence-corrected chi connectivity index (χ0v) is 18.3. The van der Waals surface area contributed by atoms with Gasteiger partial charge in [0.05, 0.1) is 24.6 Å². The summed E-state index contributed by atoms with van der Waals surface area (Å²) in [5, 5.41) is 3.38. The molecule has 0 fully saturated rings. The summed E-state index contributed by atoms with van der Waals surface area (Å²) in [7, 11) is 5.37. The van der Waals surface area contributed by atoms with Crippen LogP contribution in [-0.2, 0) is 4.74 Å². The zero-order chi connectivity index (χ0) is 21.3. The Balaban J connectivity index is 1.87. The first-order valence-electron chi connectivity index (χ1n) is 9.23. The summed E-state index contributed by atoms with van der Waals surface area (Å²) < 4.78 is 7.51. The second-order valence-electron chi connectivity index (χ2n) is 6.85. The summed E-state index contributed by atoms with van der Waals surface area (Å²) in [4.78, 5) is 23.3. The van der Waals surface area contributed by atoms with Gasteiger partial charge in [-0.3, -0.25) is 4.40 Å². The molecule has 8 heteroatoms. The predicted molar refractivity (Wildman–Crippen MR) is 122 cm³/mol. The molecule has 0 saturated heterocycles. The molecule has 4 aromatic rings. The van der Waals surface area contributed by atoms with Gasteiger partial charge in [0, 0.05) is 31.5 Å². The monoisotopic (exact) mass is 465 g/mol. The van der Waals surface area contributed by atoms with E-state index in [1.807, 2.05) is 66.0 Å². The number of fused-ring (bicyclic) bond motifs is 1. The maximum Gasteiger partial charge on any atom is 0.339 e. The van der Waals surface area contributed by atoms with Crippen LogP contribution < -0.4 is 10.2 Å². The molecule has 152 valence electrons. The van der Waals surface area contributed by atoms with Gasteiger partial charge < -0.3 is 15.0 Å². The minimum atomic E-state index is -0.411. The molecule has 0 aliphatic carbocycles. The van der Waals surface area contributed by atoms with Crippen LogP contribution in [0.25, 0.3) is 16.9 Å². The highest BCUT2D eigenvalue weighted by atomic mass is 79.9. The molecule has 0 aliphatic heterocycles. The molecule has 2 aromatic carbocycles. The molecule has 0 atom stereocenters. The number of esters is 1. The minimum absolute atomic E-state index is 0.411. The number of imidazole rings is 1. The Morgan fingerprint density at radius 3 is 2.57 bits per heavy atom. The van der Waals surface area contributed by atoms with Gasteiger partial charge in [0.25, 0.3) is 0 Å². The van der Waals surface area contributed by atoms with Gasteiger partial charge in [0.2, 0.25) is 0 Å². The van der Waals surface area contributed by atoms with Gasteiger partial charge in [-0.1, -0.05) is 24.3 Å². The van der Waals surface area contributed by atoms with E-state index in [2.05, 4.69) is 26.2 Å². The minimum Gasteiger partial charge on any atom is -0.465 e. The number of carbonyl (C=O) groups is 1. The third-order valence-corrected chi connectivity index (χ3v) is 5.13. The van der Waals surface area contributed by atoms with Crippen molar-refractivity contribution in [1.82, 2.24) is 14.4 Å². The van der Waals surface area contributed by atoms with Gasteiger partial charge in [-0.05, 0) is 40.2 Å². The first-order chi connectivity index (χ1) is 14.5. The van der Waals surface area contributed by atoms with Crippen molar-refractivity contribution in [2.45, 2.75) is 0 Å². The molecular formula is C22H20BrN5O2. The van der Waals surface area contributed by atoms with E-state index < -0.39 is 5.97 Å². The third-order valence-electron chi connectivity index (χ3n) is 4.72. The van der Waals surface area contributed by atoms with Crippen LogP contribution in [-0.4, -0.2) is 41.5 Å². The number of benzene rings is 2. The van der Waals surface area contributed by atoms with Crippen molar-refractivity contribution in [3.63, 3.8) is 0 Å². The molecule has 0 radical (unpaired) electrons. The number of ether oxygens (including phenoxy) is 1. The van der Waals surface area contributed by atoms with E-state index in [0.29, 0.717) is 21.5 Å².